The third kappa shape index (κ3) is 3.90. The number of carbonyl (C=O) groups excluding carboxylic acids is 1. The fourth-order valence-electron chi connectivity index (χ4n) is 3.91. The first-order chi connectivity index (χ1) is 12.9. The number of fused-ring (bicyclic) bond motifs is 1. The second-order valence-electron chi connectivity index (χ2n) is 7.38. The number of Topliss-reactive ketones (excluding diaryl/α,β-unsaturated/α-hetero) is 1. The van der Waals surface area contributed by atoms with Crippen LogP contribution in [-0.4, -0.2) is 29.4 Å². The number of hydrogen-bond donors (Lipinski definition) is 0. The number of hydrogen-bond acceptors (Lipinski definition) is 2. The Bertz CT molecular complexity index is 916. The van der Waals surface area contributed by atoms with Crippen LogP contribution in [0.4, 0.5) is 8.78 Å². The molecule has 1 aliphatic carbocycles. The van der Waals surface area contributed by atoms with E-state index in [0.29, 0.717) is 55.6 Å². The maximum atomic E-state index is 15.4. The molecule has 1 heterocycles. The molecular formula is C22H20BrF2NO. The van der Waals surface area contributed by atoms with Crippen LogP contribution < -0.4 is 0 Å². The zero-order chi connectivity index (χ0) is 19.0. The third-order valence-corrected chi connectivity index (χ3v) is 5.95. The molecule has 0 spiro atoms. The van der Waals surface area contributed by atoms with Crippen molar-refractivity contribution in [2.45, 2.75) is 31.5 Å². The number of benzene rings is 2. The summed E-state index contributed by atoms with van der Waals surface area (Å²) in [6.07, 6.45) is 2.67. The summed E-state index contributed by atoms with van der Waals surface area (Å²) in [4.78, 5) is 14.6. The van der Waals surface area contributed by atoms with Gasteiger partial charge < -0.3 is 0 Å². The minimum absolute atomic E-state index is 0.0664. The minimum atomic E-state index is -1.48. The molecule has 1 fully saturated rings. The van der Waals surface area contributed by atoms with E-state index >= 15 is 4.39 Å². The van der Waals surface area contributed by atoms with Crippen molar-refractivity contribution in [2.24, 2.45) is 0 Å². The van der Waals surface area contributed by atoms with Gasteiger partial charge in [0.2, 0.25) is 0 Å². The molecule has 1 aliphatic heterocycles. The summed E-state index contributed by atoms with van der Waals surface area (Å²) in [7, 11) is 0. The van der Waals surface area contributed by atoms with Crippen LogP contribution >= 0.6 is 15.9 Å². The van der Waals surface area contributed by atoms with E-state index in [1.54, 1.807) is 24.3 Å². The first-order valence-electron chi connectivity index (χ1n) is 9.13. The van der Waals surface area contributed by atoms with Gasteiger partial charge in [-0.1, -0.05) is 34.1 Å². The first-order valence-corrected chi connectivity index (χ1v) is 9.92. The molecule has 0 amide bonds. The number of nitrogens with zero attached hydrogens (tertiary/aromatic N) is 1. The van der Waals surface area contributed by atoms with Crippen LogP contribution in [0.15, 0.2) is 58.6 Å². The van der Waals surface area contributed by atoms with Gasteiger partial charge in [0.05, 0.1) is 0 Å². The molecule has 1 saturated heterocycles. The Hall–Kier alpha value is -1.85. The first kappa shape index (κ1) is 18.5. The minimum Gasteiger partial charge on any atom is -0.299 e. The highest BCUT2D eigenvalue weighted by molar-refractivity contribution is 9.10. The Kier molecular flexibility index (Phi) is 4.99. The standard InChI is InChI=1S/C22H20BrF2NO/c23-18-5-6-19-16(12-18)11-17(21(19)27)13-22(25)7-9-26(10-8-22)14-15-3-1-2-4-20(15)24/h1-6,12-13H,7-11,14H2. The number of halogens is 3. The molecule has 27 heavy (non-hydrogen) atoms. The number of alkyl halides is 1. The summed E-state index contributed by atoms with van der Waals surface area (Å²) in [6, 6.07) is 12.3. The van der Waals surface area contributed by atoms with Gasteiger partial charge in [0.1, 0.15) is 11.5 Å². The van der Waals surface area contributed by atoms with Crippen LogP contribution in [0.25, 0.3) is 0 Å². The predicted octanol–water partition coefficient (Wildman–Crippen LogP) is 5.26. The maximum absolute atomic E-state index is 15.4. The number of carbonyl (C=O) groups is 1. The van der Waals surface area contributed by atoms with Crippen LogP contribution in [-0.2, 0) is 13.0 Å². The molecule has 0 bridgehead atoms. The van der Waals surface area contributed by atoms with E-state index in [2.05, 4.69) is 20.8 Å². The Morgan fingerprint density at radius 2 is 1.89 bits per heavy atom. The average Bonchev–Trinajstić information content (AvgIpc) is 2.93. The lowest BCUT2D eigenvalue weighted by atomic mass is 9.90. The van der Waals surface area contributed by atoms with Crippen molar-refractivity contribution in [2.75, 3.05) is 13.1 Å². The van der Waals surface area contributed by atoms with Crippen molar-refractivity contribution < 1.29 is 13.6 Å². The molecule has 2 aromatic rings. The Balaban J connectivity index is 1.43. The highest BCUT2D eigenvalue weighted by atomic mass is 79.9. The number of likely N-dealkylation sites (tertiary alicyclic amines) is 1. The number of ketones is 1. The van der Waals surface area contributed by atoms with Crippen molar-refractivity contribution in [1.29, 1.82) is 0 Å². The van der Waals surface area contributed by atoms with E-state index in [9.17, 15) is 9.18 Å². The molecule has 2 nitrogen and oxygen atoms in total. The summed E-state index contributed by atoms with van der Waals surface area (Å²) >= 11 is 3.42. The lowest BCUT2D eigenvalue weighted by molar-refractivity contribution is 0.0896. The Labute approximate surface area is 166 Å². The van der Waals surface area contributed by atoms with Crippen LogP contribution in [0.5, 0.6) is 0 Å². The quantitative estimate of drug-likeness (QED) is 0.617. The molecule has 140 valence electrons. The monoisotopic (exact) mass is 431 g/mol. The molecule has 0 aromatic heterocycles. The molecule has 0 unspecified atom stereocenters. The van der Waals surface area contributed by atoms with Gasteiger partial charge in [-0.05, 0) is 48.7 Å². The van der Waals surface area contributed by atoms with Crippen LogP contribution in [0.2, 0.25) is 0 Å². The number of allylic oxidation sites excluding steroid dienone is 2. The van der Waals surface area contributed by atoms with E-state index in [1.165, 1.54) is 6.07 Å². The van der Waals surface area contributed by atoms with Crippen molar-refractivity contribution in [3.63, 3.8) is 0 Å². The molecule has 0 atom stereocenters. The summed E-state index contributed by atoms with van der Waals surface area (Å²) < 4.78 is 30.1. The van der Waals surface area contributed by atoms with Crippen LogP contribution in [0.1, 0.15) is 34.3 Å². The Morgan fingerprint density at radius 3 is 2.63 bits per heavy atom. The third-order valence-electron chi connectivity index (χ3n) is 5.46. The molecule has 0 radical (unpaired) electrons. The second kappa shape index (κ2) is 7.28. The topological polar surface area (TPSA) is 20.3 Å². The molecular weight excluding hydrogens is 412 g/mol. The van der Waals surface area contributed by atoms with Crippen molar-refractivity contribution in [3.05, 3.63) is 81.1 Å². The summed E-state index contributed by atoms with van der Waals surface area (Å²) in [6.45, 7) is 1.57. The van der Waals surface area contributed by atoms with Gasteiger partial charge >= 0.3 is 0 Å². The smallest absolute Gasteiger partial charge is 0.189 e. The summed E-state index contributed by atoms with van der Waals surface area (Å²) in [5, 5.41) is 0. The molecule has 2 aromatic carbocycles. The zero-order valence-electron chi connectivity index (χ0n) is 14.9. The molecule has 4 rings (SSSR count). The van der Waals surface area contributed by atoms with E-state index < -0.39 is 5.67 Å². The predicted molar refractivity (Wildman–Crippen MR) is 105 cm³/mol. The SMILES string of the molecule is O=C1C(=CC2(F)CCN(Cc3ccccc3F)CC2)Cc2cc(Br)ccc21. The van der Waals surface area contributed by atoms with Crippen molar-refractivity contribution >= 4 is 21.7 Å². The molecule has 5 heteroatoms. The van der Waals surface area contributed by atoms with E-state index in [1.807, 2.05) is 18.2 Å². The van der Waals surface area contributed by atoms with Crippen molar-refractivity contribution in [1.82, 2.24) is 4.90 Å². The summed E-state index contributed by atoms with van der Waals surface area (Å²) in [5.41, 5.74) is 1.32. The second-order valence-corrected chi connectivity index (χ2v) is 8.29. The zero-order valence-corrected chi connectivity index (χ0v) is 16.4. The van der Waals surface area contributed by atoms with Gasteiger partial charge in [-0.3, -0.25) is 9.69 Å². The van der Waals surface area contributed by atoms with Gasteiger partial charge in [-0.25, -0.2) is 8.78 Å². The number of piperidine rings is 1. The van der Waals surface area contributed by atoms with Gasteiger partial charge in [-0.2, -0.15) is 0 Å². The van der Waals surface area contributed by atoms with E-state index in [0.717, 1.165) is 10.0 Å². The molecule has 0 saturated carbocycles. The van der Waals surface area contributed by atoms with Gasteiger partial charge in [0.25, 0.3) is 0 Å². The molecule has 0 N–H and O–H groups in total. The maximum Gasteiger partial charge on any atom is 0.189 e. The largest absolute Gasteiger partial charge is 0.299 e. The Morgan fingerprint density at radius 1 is 1.15 bits per heavy atom. The van der Waals surface area contributed by atoms with Crippen LogP contribution in [0.3, 0.4) is 0 Å². The number of rotatable bonds is 3. The van der Waals surface area contributed by atoms with E-state index in [-0.39, 0.29) is 11.6 Å². The highest BCUT2D eigenvalue weighted by Crippen LogP contribution is 2.35. The normalized spacial score (nSPS) is 20.9. The van der Waals surface area contributed by atoms with Gasteiger partial charge in [0.15, 0.2) is 5.78 Å². The molecule has 2 aliphatic rings. The summed E-state index contributed by atoms with van der Waals surface area (Å²) in [5.74, 6) is -0.291. The van der Waals surface area contributed by atoms with Crippen LogP contribution in [0, 0.1) is 5.82 Å². The average molecular weight is 432 g/mol. The van der Waals surface area contributed by atoms with Crippen molar-refractivity contribution in [3.8, 4) is 0 Å². The lowest BCUT2D eigenvalue weighted by Crippen LogP contribution is -2.40. The fourth-order valence-corrected chi connectivity index (χ4v) is 4.32. The fraction of sp³-hybridized carbons (Fsp3) is 0.318. The van der Waals surface area contributed by atoms with E-state index in [4.69, 9.17) is 0 Å². The van der Waals surface area contributed by atoms with Gasteiger partial charge in [0, 0.05) is 47.2 Å². The van der Waals surface area contributed by atoms with Gasteiger partial charge in [-0.15, -0.1) is 0 Å². The lowest BCUT2D eigenvalue weighted by Gasteiger charge is -2.35. The highest BCUT2D eigenvalue weighted by Gasteiger charge is 2.35.